The molecule has 0 unspecified atom stereocenters. The number of hydrogen-bond acceptors (Lipinski definition) is 5. The summed E-state index contributed by atoms with van der Waals surface area (Å²) in [6.45, 7) is 4.47. The fraction of sp³-hybridized carbons (Fsp3) is 0.167. The molecule has 0 aliphatic heterocycles. The largest absolute Gasteiger partial charge is 0.494 e. The summed E-state index contributed by atoms with van der Waals surface area (Å²) < 4.78 is 6.47. The van der Waals surface area contributed by atoms with Crippen molar-refractivity contribution in [3.05, 3.63) is 53.6 Å². The lowest BCUT2D eigenvalue weighted by Crippen LogP contribution is -2.34. The minimum atomic E-state index is -0.295. The van der Waals surface area contributed by atoms with E-state index in [2.05, 4.69) is 21.7 Å². The minimum Gasteiger partial charge on any atom is -0.494 e. The van der Waals surface area contributed by atoms with Gasteiger partial charge in [0, 0.05) is 5.56 Å². The average molecular weight is 371 g/mol. The van der Waals surface area contributed by atoms with E-state index in [-0.39, 0.29) is 11.0 Å². The SMILES string of the molecule is CCOc1cccc(C(=O)NC(=S)Nc2nc3ccc(C)cc3s2)c1. The number of aromatic nitrogens is 1. The van der Waals surface area contributed by atoms with Crippen LogP contribution in [-0.4, -0.2) is 22.6 Å². The van der Waals surface area contributed by atoms with Crippen LogP contribution in [0.2, 0.25) is 0 Å². The molecule has 1 amide bonds. The van der Waals surface area contributed by atoms with Gasteiger partial charge in [-0.1, -0.05) is 23.5 Å². The molecule has 1 heterocycles. The third kappa shape index (κ3) is 4.32. The van der Waals surface area contributed by atoms with Gasteiger partial charge in [0.2, 0.25) is 0 Å². The van der Waals surface area contributed by atoms with Gasteiger partial charge in [-0.25, -0.2) is 4.98 Å². The summed E-state index contributed by atoms with van der Waals surface area (Å²) >= 11 is 6.71. The van der Waals surface area contributed by atoms with Crippen LogP contribution in [0, 0.1) is 6.92 Å². The number of benzene rings is 2. The summed E-state index contributed by atoms with van der Waals surface area (Å²) in [5.74, 6) is 0.353. The van der Waals surface area contributed by atoms with E-state index >= 15 is 0 Å². The van der Waals surface area contributed by atoms with Crippen molar-refractivity contribution in [1.82, 2.24) is 10.3 Å². The molecular weight excluding hydrogens is 354 g/mol. The number of carbonyl (C=O) groups excluding carboxylic acids is 1. The number of anilines is 1. The molecule has 0 radical (unpaired) electrons. The molecule has 5 nitrogen and oxygen atoms in total. The summed E-state index contributed by atoms with van der Waals surface area (Å²) in [6, 6.07) is 13.0. The van der Waals surface area contributed by atoms with E-state index in [0.29, 0.717) is 23.1 Å². The van der Waals surface area contributed by atoms with Gasteiger partial charge in [-0.2, -0.15) is 0 Å². The third-order valence-electron chi connectivity index (χ3n) is 3.40. The van der Waals surface area contributed by atoms with Crippen LogP contribution in [0.15, 0.2) is 42.5 Å². The van der Waals surface area contributed by atoms with E-state index in [0.717, 1.165) is 10.2 Å². The van der Waals surface area contributed by atoms with Crippen LogP contribution < -0.4 is 15.4 Å². The normalized spacial score (nSPS) is 10.5. The van der Waals surface area contributed by atoms with Gasteiger partial charge in [0.1, 0.15) is 5.75 Å². The van der Waals surface area contributed by atoms with Crippen LogP contribution >= 0.6 is 23.6 Å². The van der Waals surface area contributed by atoms with Crippen molar-refractivity contribution in [2.75, 3.05) is 11.9 Å². The number of nitrogens with one attached hydrogen (secondary N) is 2. The first-order chi connectivity index (χ1) is 12.0. The Hall–Kier alpha value is -2.51. The van der Waals surface area contributed by atoms with Crippen molar-refractivity contribution in [3.63, 3.8) is 0 Å². The number of rotatable bonds is 4. The molecule has 0 aliphatic rings. The highest BCUT2D eigenvalue weighted by Gasteiger charge is 2.11. The zero-order valence-corrected chi connectivity index (χ0v) is 15.5. The molecule has 2 N–H and O–H groups in total. The van der Waals surface area contributed by atoms with E-state index in [9.17, 15) is 4.79 Å². The first kappa shape index (κ1) is 17.3. The first-order valence-corrected chi connectivity index (χ1v) is 9.00. The van der Waals surface area contributed by atoms with E-state index in [1.807, 2.05) is 26.0 Å². The molecule has 0 atom stereocenters. The van der Waals surface area contributed by atoms with Gasteiger partial charge >= 0.3 is 0 Å². The highest BCUT2D eigenvalue weighted by Crippen LogP contribution is 2.26. The maximum atomic E-state index is 12.3. The Morgan fingerprint density at radius 2 is 2.12 bits per heavy atom. The van der Waals surface area contributed by atoms with E-state index in [1.54, 1.807) is 24.3 Å². The zero-order chi connectivity index (χ0) is 17.8. The number of fused-ring (bicyclic) bond motifs is 1. The van der Waals surface area contributed by atoms with E-state index in [1.165, 1.54) is 16.9 Å². The first-order valence-electron chi connectivity index (χ1n) is 7.77. The van der Waals surface area contributed by atoms with Crippen molar-refractivity contribution in [2.24, 2.45) is 0 Å². The Balaban J connectivity index is 1.66. The van der Waals surface area contributed by atoms with E-state index < -0.39 is 0 Å². The Morgan fingerprint density at radius 3 is 2.92 bits per heavy atom. The molecule has 7 heteroatoms. The van der Waals surface area contributed by atoms with Crippen molar-refractivity contribution in [1.29, 1.82) is 0 Å². The van der Waals surface area contributed by atoms with Crippen LogP contribution in [0.5, 0.6) is 5.75 Å². The van der Waals surface area contributed by atoms with Crippen molar-refractivity contribution in [3.8, 4) is 5.75 Å². The molecule has 0 bridgehead atoms. The topological polar surface area (TPSA) is 63.2 Å². The maximum absolute atomic E-state index is 12.3. The molecule has 25 heavy (non-hydrogen) atoms. The van der Waals surface area contributed by atoms with Gasteiger partial charge in [-0.05, 0) is 62.0 Å². The van der Waals surface area contributed by atoms with Gasteiger partial charge in [-0.15, -0.1) is 0 Å². The quantitative estimate of drug-likeness (QED) is 0.675. The molecule has 0 fully saturated rings. The molecule has 3 aromatic rings. The van der Waals surface area contributed by atoms with Crippen LogP contribution in [0.4, 0.5) is 5.13 Å². The predicted octanol–water partition coefficient (Wildman–Crippen LogP) is 4.13. The molecule has 3 rings (SSSR count). The molecular formula is C18H17N3O2S2. The third-order valence-corrected chi connectivity index (χ3v) is 4.54. The summed E-state index contributed by atoms with van der Waals surface area (Å²) in [4.78, 5) is 16.8. The van der Waals surface area contributed by atoms with Gasteiger partial charge < -0.3 is 10.1 Å². The molecule has 0 spiro atoms. The van der Waals surface area contributed by atoms with Crippen molar-refractivity contribution < 1.29 is 9.53 Å². The number of amides is 1. The second-order valence-electron chi connectivity index (χ2n) is 5.36. The lowest BCUT2D eigenvalue weighted by Gasteiger charge is -2.08. The van der Waals surface area contributed by atoms with Crippen LogP contribution in [0.1, 0.15) is 22.8 Å². The smallest absolute Gasteiger partial charge is 0.257 e. The number of carbonyl (C=O) groups is 1. The summed E-state index contributed by atoms with van der Waals surface area (Å²) in [5, 5.41) is 6.49. The number of nitrogens with zero attached hydrogens (tertiary/aromatic N) is 1. The molecule has 0 saturated heterocycles. The number of thiocarbonyl (C=S) groups is 1. The van der Waals surface area contributed by atoms with Crippen LogP contribution in [0.3, 0.4) is 0 Å². The Kier molecular flexibility index (Phi) is 5.25. The van der Waals surface area contributed by atoms with Gasteiger partial charge in [0.25, 0.3) is 5.91 Å². The summed E-state index contributed by atoms with van der Waals surface area (Å²) in [5.41, 5.74) is 2.56. The average Bonchev–Trinajstić information content (AvgIpc) is 2.96. The Bertz CT molecular complexity index is 937. The number of hydrogen-bond donors (Lipinski definition) is 2. The van der Waals surface area contributed by atoms with Gasteiger partial charge in [-0.3, -0.25) is 10.1 Å². The molecule has 0 saturated carbocycles. The van der Waals surface area contributed by atoms with Gasteiger partial charge in [0.05, 0.1) is 16.8 Å². The second kappa shape index (κ2) is 7.58. The van der Waals surface area contributed by atoms with E-state index in [4.69, 9.17) is 17.0 Å². The Labute approximate surface area is 155 Å². The lowest BCUT2D eigenvalue weighted by atomic mass is 10.2. The maximum Gasteiger partial charge on any atom is 0.257 e. The van der Waals surface area contributed by atoms with Crippen LogP contribution in [-0.2, 0) is 0 Å². The number of aryl methyl sites for hydroxylation is 1. The highest BCUT2D eigenvalue weighted by molar-refractivity contribution is 7.80. The molecule has 0 aliphatic carbocycles. The predicted molar refractivity (Wildman–Crippen MR) is 106 cm³/mol. The zero-order valence-electron chi connectivity index (χ0n) is 13.8. The Morgan fingerprint density at radius 1 is 1.28 bits per heavy atom. The summed E-state index contributed by atoms with van der Waals surface area (Å²) in [6.07, 6.45) is 0. The fourth-order valence-electron chi connectivity index (χ4n) is 2.28. The second-order valence-corrected chi connectivity index (χ2v) is 6.80. The summed E-state index contributed by atoms with van der Waals surface area (Å²) in [7, 11) is 0. The highest BCUT2D eigenvalue weighted by atomic mass is 32.1. The monoisotopic (exact) mass is 371 g/mol. The van der Waals surface area contributed by atoms with Crippen LogP contribution in [0.25, 0.3) is 10.2 Å². The van der Waals surface area contributed by atoms with Gasteiger partial charge in [0.15, 0.2) is 10.2 Å². The standard InChI is InChI=1S/C18H17N3O2S2/c1-3-23-13-6-4-5-12(10-13)16(22)20-17(24)21-18-19-14-8-7-11(2)9-15(14)25-18/h4-10H,3H2,1-2H3,(H2,19,20,21,22,24). The van der Waals surface area contributed by atoms with Crippen molar-refractivity contribution >= 4 is 49.9 Å². The molecule has 128 valence electrons. The van der Waals surface area contributed by atoms with Crippen molar-refractivity contribution in [2.45, 2.75) is 13.8 Å². The molecule has 1 aromatic heterocycles. The fourth-order valence-corrected chi connectivity index (χ4v) is 3.51. The lowest BCUT2D eigenvalue weighted by molar-refractivity contribution is 0.0977. The number of ether oxygens (including phenoxy) is 1. The minimum absolute atomic E-state index is 0.211. The molecule has 2 aromatic carbocycles. The number of thiazole rings is 1.